The second kappa shape index (κ2) is 11.8. The number of carboxylic acids is 1. The molecule has 1 aromatic carbocycles. The number of rotatable bonds is 10. The molecule has 1 aliphatic heterocycles. The minimum absolute atomic E-state index is 0.117. The van der Waals surface area contributed by atoms with Gasteiger partial charge in [-0.1, -0.05) is 39.8 Å². The van der Waals surface area contributed by atoms with E-state index in [0.29, 0.717) is 19.4 Å². The highest BCUT2D eigenvalue weighted by Crippen LogP contribution is 2.20. The third-order valence-corrected chi connectivity index (χ3v) is 6.03. The summed E-state index contributed by atoms with van der Waals surface area (Å²) in [6, 6.07) is 2.77. The van der Waals surface area contributed by atoms with Gasteiger partial charge in [0.1, 0.15) is 23.9 Å². The molecule has 6 N–H and O–H groups in total. The Morgan fingerprint density at radius 3 is 2.15 bits per heavy atom. The van der Waals surface area contributed by atoms with Crippen molar-refractivity contribution in [2.24, 2.45) is 17.6 Å². The van der Waals surface area contributed by atoms with Gasteiger partial charge in [0.25, 0.3) is 0 Å². The van der Waals surface area contributed by atoms with E-state index in [0.717, 1.165) is 5.56 Å². The van der Waals surface area contributed by atoms with Crippen LogP contribution in [0.4, 0.5) is 0 Å². The molecule has 188 valence electrons. The lowest BCUT2D eigenvalue weighted by molar-refractivity contribution is -0.144. The third-order valence-electron chi connectivity index (χ3n) is 6.03. The number of aliphatic carboxylic acids is 1. The van der Waals surface area contributed by atoms with Gasteiger partial charge in [0.2, 0.25) is 17.7 Å². The molecule has 1 heterocycles. The van der Waals surface area contributed by atoms with E-state index in [1.807, 2.05) is 0 Å². The first-order valence-electron chi connectivity index (χ1n) is 11.6. The summed E-state index contributed by atoms with van der Waals surface area (Å²) in [7, 11) is 0. The van der Waals surface area contributed by atoms with Crippen LogP contribution in [-0.2, 0) is 25.6 Å². The number of phenols is 1. The normalized spacial score (nSPS) is 18.4. The standard InChI is InChI=1S/C24H36N4O6/c1-13(2)19(22(31)27-20(14(3)4)24(33)34)26-21(30)18-6-5-11-28(18)23(32)17(25)12-15-7-9-16(29)10-8-15/h7-10,13-14,17-20,29H,5-6,11-12,25H2,1-4H3,(H,26,30)(H,27,31)(H,33,34). The van der Waals surface area contributed by atoms with Gasteiger partial charge in [0.15, 0.2) is 0 Å². The molecule has 1 fully saturated rings. The van der Waals surface area contributed by atoms with Gasteiger partial charge in [0, 0.05) is 6.54 Å². The summed E-state index contributed by atoms with van der Waals surface area (Å²) >= 11 is 0. The van der Waals surface area contributed by atoms with E-state index in [9.17, 15) is 29.4 Å². The average Bonchev–Trinajstić information content (AvgIpc) is 3.25. The van der Waals surface area contributed by atoms with Crippen molar-refractivity contribution in [2.75, 3.05) is 6.54 Å². The number of aromatic hydroxyl groups is 1. The molecule has 0 spiro atoms. The van der Waals surface area contributed by atoms with Crippen LogP contribution in [-0.4, -0.2) is 69.5 Å². The number of phenolic OH excluding ortho intramolecular Hbond substituents is 1. The summed E-state index contributed by atoms with van der Waals surface area (Å²) in [6.07, 6.45) is 1.33. The van der Waals surface area contributed by atoms with Crippen LogP contribution in [0, 0.1) is 11.8 Å². The summed E-state index contributed by atoms with van der Waals surface area (Å²) in [6.45, 7) is 7.26. The molecule has 0 saturated carbocycles. The Kier molecular flexibility index (Phi) is 9.43. The van der Waals surface area contributed by atoms with Gasteiger partial charge in [-0.3, -0.25) is 14.4 Å². The van der Waals surface area contributed by atoms with Crippen molar-refractivity contribution in [3.63, 3.8) is 0 Å². The van der Waals surface area contributed by atoms with Gasteiger partial charge in [-0.25, -0.2) is 4.79 Å². The lowest BCUT2D eigenvalue weighted by Crippen LogP contribution is -2.58. The number of hydrogen-bond donors (Lipinski definition) is 5. The van der Waals surface area contributed by atoms with Gasteiger partial charge >= 0.3 is 5.97 Å². The zero-order chi connectivity index (χ0) is 25.6. The predicted molar refractivity (Wildman–Crippen MR) is 126 cm³/mol. The zero-order valence-corrected chi connectivity index (χ0v) is 20.2. The highest BCUT2D eigenvalue weighted by Gasteiger charge is 2.38. The molecule has 4 atom stereocenters. The molecule has 0 bridgehead atoms. The summed E-state index contributed by atoms with van der Waals surface area (Å²) in [5, 5.41) is 24.0. The number of hydrogen-bond acceptors (Lipinski definition) is 6. The van der Waals surface area contributed by atoms with Crippen LogP contribution in [0.2, 0.25) is 0 Å². The molecule has 10 nitrogen and oxygen atoms in total. The van der Waals surface area contributed by atoms with Crippen molar-refractivity contribution in [2.45, 2.75) is 71.1 Å². The fourth-order valence-corrected chi connectivity index (χ4v) is 4.03. The third kappa shape index (κ3) is 6.93. The van der Waals surface area contributed by atoms with E-state index in [4.69, 9.17) is 5.73 Å². The van der Waals surface area contributed by atoms with Crippen molar-refractivity contribution >= 4 is 23.7 Å². The van der Waals surface area contributed by atoms with Crippen LogP contribution < -0.4 is 16.4 Å². The molecule has 1 saturated heterocycles. The van der Waals surface area contributed by atoms with E-state index in [2.05, 4.69) is 10.6 Å². The number of nitrogens with one attached hydrogen (secondary N) is 2. The Balaban J connectivity index is 2.06. The van der Waals surface area contributed by atoms with E-state index in [1.54, 1.807) is 39.8 Å². The molecular formula is C24H36N4O6. The van der Waals surface area contributed by atoms with Crippen LogP contribution in [0.25, 0.3) is 0 Å². The lowest BCUT2D eigenvalue weighted by atomic mass is 9.99. The highest BCUT2D eigenvalue weighted by molar-refractivity contribution is 5.94. The number of benzene rings is 1. The molecular weight excluding hydrogens is 440 g/mol. The smallest absolute Gasteiger partial charge is 0.326 e. The Bertz CT molecular complexity index is 886. The van der Waals surface area contributed by atoms with Crippen molar-refractivity contribution in [1.82, 2.24) is 15.5 Å². The van der Waals surface area contributed by atoms with Crippen LogP contribution in [0.3, 0.4) is 0 Å². The predicted octanol–water partition coefficient (Wildman–Crippen LogP) is 0.619. The number of carbonyl (C=O) groups excluding carboxylic acids is 3. The summed E-state index contributed by atoms with van der Waals surface area (Å²) < 4.78 is 0. The molecule has 3 amide bonds. The van der Waals surface area contributed by atoms with Gasteiger partial charge in [0.05, 0.1) is 6.04 Å². The quantitative estimate of drug-likeness (QED) is 0.330. The van der Waals surface area contributed by atoms with Crippen LogP contribution in [0.15, 0.2) is 24.3 Å². The molecule has 1 aliphatic rings. The Morgan fingerprint density at radius 2 is 1.62 bits per heavy atom. The number of nitrogens with two attached hydrogens (primary N) is 1. The van der Waals surface area contributed by atoms with Gasteiger partial charge in [-0.05, 0) is 48.8 Å². The largest absolute Gasteiger partial charge is 0.508 e. The molecule has 34 heavy (non-hydrogen) atoms. The maximum absolute atomic E-state index is 13.1. The van der Waals surface area contributed by atoms with Crippen LogP contribution in [0.5, 0.6) is 5.75 Å². The average molecular weight is 477 g/mol. The second-order valence-electron chi connectivity index (χ2n) is 9.47. The first-order chi connectivity index (χ1) is 15.9. The van der Waals surface area contributed by atoms with Gasteiger partial charge in [-0.2, -0.15) is 0 Å². The number of nitrogens with zero attached hydrogens (tertiary/aromatic N) is 1. The summed E-state index contributed by atoms with van der Waals surface area (Å²) in [5.74, 6) is -3.06. The molecule has 1 aromatic rings. The Labute approximate surface area is 199 Å². The van der Waals surface area contributed by atoms with Crippen LogP contribution in [0.1, 0.15) is 46.1 Å². The first-order valence-corrected chi connectivity index (χ1v) is 11.6. The number of carboxylic acid groups (broad SMARTS) is 1. The molecule has 10 heteroatoms. The van der Waals surface area contributed by atoms with Gasteiger partial charge in [-0.15, -0.1) is 0 Å². The van der Waals surface area contributed by atoms with E-state index < -0.39 is 42.0 Å². The Morgan fingerprint density at radius 1 is 1.03 bits per heavy atom. The monoisotopic (exact) mass is 476 g/mol. The maximum Gasteiger partial charge on any atom is 0.326 e. The number of amides is 3. The topological polar surface area (TPSA) is 162 Å². The van der Waals surface area contributed by atoms with E-state index in [1.165, 1.54) is 17.0 Å². The Hall–Kier alpha value is -3.14. The summed E-state index contributed by atoms with van der Waals surface area (Å²) in [5.41, 5.74) is 6.92. The molecule has 0 radical (unpaired) electrons. The lowest BCUT2D eigenvalue weighted by Gasteiger charge is -2.30. The molecule has 0 aliphatic carbocycles. The molecule has 0 aromatic heterocycles. The van der Waals surface area contributed by atoms with Crippen molar-refractivity contribution < 1.29 is 29.4 Å². The van der Waals surface area contributed by atoms with E-state index in [-0.39, 0.29) is 29.9 Å². The van der Waals surface area contributed by atoms with Crippen molar-refractivity contribution in [3.05, 3.63) is 29.8 Å². The SMILES string of the molecule is CC(C)C(NC(=O)C(NC(=O)C1CCCN1C(=O)C(N)Cc1ccc(O)cc1)C(C)C)C(=O)O. The second-order valence-corrected chi connectivity index (χ2v) is 9.47. The first kappa shape index (κ1) is 27.1. The van der Waals surface area contributed by atoms with Crippen molar-refractivity contribution in [3.8, 4) is 5.75 Å². The van der Waals surface area contributed by atoms with Crippen molar-refractivity contribution in [1.29, 1.82) is 0 Å². The fraction of sp³-hybridized carbons (Fsp3) is 0.583. The number of likely N-dealkylation sites (tertiary alicyclic amines) is 1. The number of carbonyl (C=O) groups is 4. The fourth-order valence-electron chi connectivity index (χ4n) is 4.03. The molecule has 4 unspecified atom stereocenters. The molecule has 2 rings (SSSR count). The zero-order valence-electron chi connectivity index (χ0n) is 20.2. The minimum atomic E-state index is -1.15. The maximum atomic E-state index is 13.1. The minimum Gasteiger partial charge on any atom is -0.508 e. The highest BCUT2D eigenvalue weighted by atomic mass is 16.4. The van der Waals surface area contributed by atoms with E-state index >= 15 is 0 Å². The van der Waals surface area contributed by atoms with Crippen LogP contribution >= 0.6 is 0 Å². The van der Waals surface area contributed by atoms with Gasteiger partial charge < -0.3 is 31.5 Å². The summed E-state index contributed by atoms with van der Waals surface area (Å²) in [4.78, 5) is 51.8.